The summed E-state index contributed by atoms with van der Waals surface area (Å²) in [6.45, 7) is 2.27. The van der Waals surface area contributed by atoms with Gasteiger partial charge in [-0.05, 0) is 23.3 Å². The zero-order valence-corrected chi connectivity index (χ0v) is 15.5. The molecule has 0 spiro atoms. The second-order valence-electron chi connectivity index (χ2n) is 5.66. The Kier molecular flexibility index (Phi) is 11.8. The summed E-state index contributed by atoms with van der Waals surface area (Å²) in [5.41, 5.74) is 0. The number of isocyanates is 4. The average molecular weight is 396 g/mol. The molecule has 2 aliphatic rings. The van der Waals surface area contributed by atoms with Crippen molar-refractivity contribution in [2.24, 2.45) is 31.8 Å². The monoisotopic (exact) mass is 396 g/mol. The molecule has 27 heavy (non-hydrogen) atoms. The molecule has 10 nitrogen and oxygen atoms in total. The molecule has 2 rings (SSSR count). The third-order valence-corrected chi connectivity index (χ3v) is 5.31. The lowest BCUT2D eigenvalue weighted by molar-refractivity contribution is -0.151. The SMILES string of the molecule is O=C=NCC1CSCC1CN=C=O.O=C=NCCC1(CN=C=O)OCCO1. The van der Waals surface area contributed by atoms with Gasteiger partial charge in [-0.3, -0.25) is 0 Å². The molecule has 2 aliphatic heterocycles. The van der Waals surface area contributed by atoms with Gasteiger partial charge in [0, 0.05) is 6.42 Å². The van der Waals surface area contributed by atoms with Gasteiger partial charge in [0.1, 0.15) is 6.54 Å². The normalized spacial score (nSPS) is 22.1. The highest BCUT2D eigenvalue weighted by atomic mass is 32.2. The second kappa shape index (κ2) is 13.9. The maximum Gasteiger partial charge on any atom is 0.235 e. The van der Waals surface area contributed by atoms with E-state index >= 15 is 0 Å². The lowest BCUT2D eigenvalue weighted by atomic mass is 9.96. The average Bonchev–Trinajstić information content (AvgIpc) is 3.33. The summed E-state index contributed by atoms with van der Waals surface area (Å²) in [4.78, 5) is 53.5. The van der Waals surface area contributed by atoms with Crippen LogP contribution < -0.4 is 0 Å². The summed E-state index contributed by atoms with van der Waals surface area (Å²) < 4.78 is 10.6. The van der Waals surface area contributed by atoms with Crippen LogP contribution in [0.15, 0.2) is 20.0 Å². The molecule has 0 amide bonds. The van der Waals surface area contributed by atoms with E-state index in [4.69, 9.17) is 9.47 Å². The molecule has 2 saturated heterocycles. The molecule has 0 saturated carbocycles. The second-order valence-corrected chi connectivity index (χ2v) is 6.73. The zero-order valence-electron chi connectivity index (χ0n) is 14.7. The molecule has 2 heterocycles. The van der Waals surface area contributed by atoms with Gasteiger partial charge < -0.3 is 9.47 Å². The van der Waals surface area contributed by atoms with Gasteiger partial charge >= 0.3 is 0 Å². The first-order chi connectivity index (χ1) is 13.2. The Bertz CT molecular complexity index is 617. The van der Waals surface area contributed by atoms with Gasteiger partial charge in [0.15, 0.2) is 5.79 Å². The molecule has 11 heteroatoms. The molecular formula is C16H20N4O6S. The minimum atomic E-state index is -0.905. The molecule has 2 fully saturated rings. The van der Waals surface area contributed by atoms with Crippen LogP contribution in [0.2, 0.25) is 0 Å². The van der Waals surface area contributed by atoms with Gasteiger partial charge in [-0.15, -0.1) is 0 Å². The lowest BCUT2D eigenvalue weighted by Gasteiger charge is -2.23. The molecule has 0 aromatic heterocycles. The van der Waals surface area contributed by atoms with Crippen LogP contribution in [-0.2, 0) is 28.7 Å². The number of hydrogen-bond acceptors (Lipinski definition) is 11. The summed E-state index contributed by atoms with van der Waals surface area (Å²) in [5, 5.41) is 0. The van der Waals surface area contributed by atoms with Crippen molar-refractivity contribution in [1.29, 1.82) is 0 Å². The molecule has 0 N–H and O–H groups in total. The van der Waals surface area contributed by atoms with Crippen molar-refractivity contribution in [3.8, 4) is 0 Å². The van der Waals surface area contributed by atoms with Crippen LogP contribution in [0.5, 0.6) is 0 Å². The summed E-state index contributed by atoms with van der Waals surface area (Å²) >= 11 is 1.81. The first-order valence-electron chi connectivity index (χ1n) is 8.21. The number of rotatable bonds is 9. The van der Waals surface area contributed by atoms with Gasteiger partial charge in [0.25, 0.3) is 0 Å². The van der Waals surface area contributed by atoms with Gasteiger partial charge in [-0.1, -0.05) is 0 Å². The molecule has 146 valence electrons. The van der Waals surface area contributed by atoms with Crippen molar-refractivity contribution in [2.75, 3.05) is 50.9 Å². The number of nitrogens with zero attached hydrogens (tertiary/aromatic N) is 4. The van der Waals surface area contributed by atoms with E-state index in [1.807, 2.05) is 11.8 Å². The predicted molar refractivity (Wildman–Crippen MR) is 95.5 cm³/mol. The largest absolute Gasteiger partial charge is 0.346 e. The third kappa shape index (κ3) is 8.82. The summed E-state index contributed by atoms with van der Waals surface area (Å²) in [5.74, 6) is 1.80. The molecule has 0 radical (unpaired) electrons. The van der Waals surface area contributed by atoms with Crippen LogP contribution in [0.25, 0.3) is 0 Å². The molecule has 0 aliphatic carbocycles. The van der Waals surface area contributed by atoms with Gasteiger partial charge in [-0.25, -0.2) is 39.1 Å². The quantitative estimate of drug-likeness (QED) is 0.407. The van der Waals surface area contributed by atoms with Crippen LogP contribution in [0, 0.1) is 11.8 Å². The van der Waals surface area contributed by atoms with E-state index in [1.165, 1.54) is 24.3 Å². The summed E-state index contributed by atoms with van der Waals surface area (Å²) in [6.07, 6.45) is 6.28. The van der Waals surface area contributed by atoms with E-state index in [2.05, 4.69) is 20.0 Å². The van der Waals surface area contributed by atoms with Crippen LogP contribution in [0.1, 0.15) is 6.42 Å². The minimum absolute atomic E-state index is 0.0882. The topological polar surface area (TPSA) is 136 Å². The van der Waals surface area contributed by atoms with Crippen LogP contribution in [-0.4, -0.2) is 81.0 Å². The van der Waals surface area contributed by atoms with Crippen molar-refractivity contribution in [1.82, 2.24) is 0 Å². The van der Waals surface area contributed by atoms with Gasteiger partial charge in [0.05, 0.1) is 32.8 Å². The lowest BCUT2D eigenvalue weighted by Crippen LogP contribution is -2.34. The number of hydrogen-bond donors (Lipinski definition) is 0. The van der Waals surface area contributed by atoms with Gasteiger partial charge in [-0.2, -0.15) is 11.8 Å². The Balaban J connectivity index is 0.000000271. The van der Waals surface area contributed by atoms with E-state index in [9.17, 15) is 19.2 Å². The fraction of sp³-hybridized carbons (Fsp3) is 0.750. The molecule has 2 unspecified atom stereocenters. The van der Waals surface area contributed by atoms with E-state index in [0.29, 0.717) is 44.6 Å². The Hall–Kier alpha value is -2.21. The zero-order chi connectivity index (χ0) is 19.8. The maximum atomic E-state index is 9.95. The van der Waals surface area contributed by atoms with Crippen LogP contribution in [0.3, 0.4) is 0 Å². The fourth-order valence-corrected chi connectivity index (χ4v) is 4.09. The number of aliphatic imine (C=N–C) groups is 4. The highest BCUT2D eigenvalue weighted by Crippen LogP contribution is 2.30. The molecule has 2 atom stereocenters. The van der Waals surface area contributed by atoms with E-state index in [1.54, 1.807) is 0 Å². The summed E-state index contributed by atoms with van der Waals surface area (Å²) in [6, 6.07) is 0. The van der Waals surface area contributed by atoms with E-state index in [-0.39, 0.29) is 13.1 Å². The third-order valence-electron chi connectivity index (χ3n) is 3.98. The fourth-order valence-electron chi connectivity index (χ4n) is 2.59. The van der Waals surface area contributed by atoms with Crippen molar-refractivity contribution in [3.63, 3.8) is 0 Å². The Labute approximate surface area is 160 Å². The molecular weight excluding hydrogens is 376 g/mol. The smallest absolute Gasteiger partial charge is 0.235 e. The van der Waals surface area contributed by atoms with Crippen LogP contribution >= 0.6 is 11.8 Å². The Morgan fingerprint density at radius 2 is 1.33 bits per heavy atom. The number of ether oxygens (including phenoxy) is 2. The van der Waals surface area contributed by atoms with Crippen molar-refractivity contribution in [3.05, 3.63) is 0 Å². The number of thioether (sulfide) groups is 1. The minimum Gasteiger partial charge on any atom is -0.346 e. The highest BCUT2D eigenvalue weighted by molar-refractivity contribution is 7.99. The molecule has 0 bridgehead atoms. The maximum absolute atomic E-state index is 9.95. The molecule has 0 aromatic rings. The summed E-state index contributed by atoms with van der Waals surface area (Å²) in [7, 11) is 0. The van der Waals surface area contributed by atoms with Crippen LogP contribution in [0.4, 0.5) is 0 Å². The van der Waals surface area contributed by atoms with E-state index < -0.39 is 5.79 Å². The van der Waals surface area contributed by atoms with Crippen molar-refractivity contribution < 1.29 is 28.7 Å². The van der Waals surface area contributed by atoms with Gasteiger partial charge in [0.2, 0.25) is 24.3 Å². The van der Waals surface area contributed by atoms with Crippen molar-refractivity contribution in [2.45, 2.75) is 12.2 Å². The Morgan fingerprint density at radius 3 is 1.81 bits per heavy atom. The highest BCUT2D eigenvalue weighted by Gasteiger charge is 2.36. The number of carbonyl (C=O) groups excluding carboxylic acids is 4. The Morgan fingerprint density at radius 1 is 0.815 bits per heavy atom. The standard InChI is InChI=1S/C8H10N2O4.C8H10N2O2S/c11-6-9-2-1-8(5-10-7-12)13-3-4-14-8;11-5-9-1-7-3-13-4-8(7)2-10-6-12/h1-5H2;7-8H,1-4H2. The molecule has 0 aromatic carbocycles. The first-order valence-corrected chi connectivity index (χ1v) is 9.37. The van der Waals surface area contributed by atoms with Crippen molar-refractivity contribution >= 4 is 36.1 Å². The predicted octanol–water partition coefficient (Wildman–Crippen LogP) is 0.428. The first kappa shape index (κ1) is 22.8. The van der Waals surface area contributed by atoms with E-state index in [0.717, 1.165) is 11.5 Å².